The van der Waals surface area contributed by atoms with Crippen LogP contribution in [-0.4, -0.2) is 36.1 Å². The zero-order valence-corrected chi connectivity index (χ0v) is 12.6. The van der Waals surface area contributed by atoms with Crippen LogP contribution in [0.25, 0.3) is 0 Å². The lowest BCUT2D eigenvalue weighted by Crippen LogP contribution is -2.42. The fourth-order valence-electron chi connectivity index (χ4n) is 2.76. The molecule has 2 amide bonds. The van der Waals surface area contributed by atoms with Crippen LogP contribution in [-0.2, 0) is 9.53 Å². The number of benzene rings is 1. The minimum atomic E-state index is -0.452. The van der Waals surface area contributed by atoms with E-state index in [1.54, 1.807) is 11.0 Å². The number of amides is 2. The van der Waals surface area contributed by atoms with Crippen molar-refractivity contribution < 1.29 is 14.3 Å². The number of allylic oxidation sites excluding steroid dienone is 1. The van der Waals surface area contributed by atoms with Gasteiger partial charge in [-0.1, -0.05) is 36.4 Å². The number of likely N-dealkylation sites (tertiary alicyclic amines) is 1. The number of hydrogen-bond donors (Lipinski definition) is 1. The molecule has 0 spiro atoms. The lowest BCUT2D eigenvalue weighted by Gasteiger charge is -2.22. The van der Waals surface area contributed by atoms with Gasteiger partial charge in [-0.2, -0.15) is 0 Å². The van der Waals surface area contributed by atoms with E-state index in [2.05, 4.69) is 6.58 Å². The van der Waals surface area contributed by atoms with E-state index in [1.807, 2.05) is 30.3 Å². The molecule has 2 N–H and O–H groups in total. The second-order valence-corrected chi connectivity index (χ2v) is 5.47. The van der Waals surface area contributed by atoms with Crippen molar-refractivity contribution in [1.29, 1.82) is 0 Å². The molecule has 5 nitrogen and oxygen atoms in total. The average Bonchev–Trinajstić information content (AvgIpc) is 3.00. The summed E-state index contributed by atoms with van der Waals surface area (Å²) >= 11 is 0. The third kappa shape index (κ3) is 4.10. The number of nitrogens with zero attached hydrogens (tertiary/aromatic N) is 1. The van der Waals surface area contributed by atoms with Crippen molar-refractivity contribution >= 4 is 12.0 Å². The topological polar surface area (TPSA) is 72.6 Å². The quantitative estimate of drug-likeness (QED) is 0.648. The van der Waals surface area contributed by atoms with Gasteiger partial charge in [0.25, 0.3) is 0 Å². The molecular weight excluding hydrogens is 280 g/mol. The van der Waals surface area contributed by atoms with Gasteiger partial charge in [-0.05, 0) is 18.4 Å². The minimum absolute atomic E-state index is 0.0653. The Hall–Kier alpha value is -2.30. The van der Waals surface area contributed by atoms with E-state index in [1.165, 1.54) is 0 Å². The molecule has 0 bridgehead atoms. The summed E-state index contributed by atoms with van der Waals surface area (Å²) in [5.41, 5.74) is 6.34. The first kappa shape index (κ1) is 16.1. The van der Waals surface area contributed by atoms with Gasteiger partial charge in [0.1, 0.15) is 6.61 Å². The highest BCUT2D eigenvalue weighted by molar-refractivity contribution is 5.73. The molecule has 22 heavy (non-hydrogen) atoms. The van der Waals surface area contributed by atoms with Crippen LogP contribution in [0.5, 0.6) is 0 Å². The number of hydrogen-bond acceptors (Lipinski definition) is 3. The maximum Gasteiger partial charge on any atom is 0.315 e. The van der Waals surface area contributed by atoms with Gasteiger partial charge in [-0.3, -0.25) is 4.79 Å². The van der Waals surface area contributed by atoms with Crippen LogP contribution in [0.3, 0.4) is 0 Å². The van der Waals surface area contributed by atoms with E-state index in [-0.39, 0.29) is 31.0 Å². The second kappa shape index (κ2) is 7.64. The summed E-state index contributed by atoms with van der Waals surface area (Å²) in [4.78, 5) is 24.8. The monoisotopic (exact) mass is 302 g/mol. The molecule has 2 unspecified atom stereocenters. The standard InChI is InChI=1S/C17H22N2O3/c1-2-13(14-7-4-3-5-8-14)11-16(20)22-12-15-9-6-10-19(15)17(18)21/h2-5,7-8,13,15H,1,6,9-12H2,(H2,18,21). The predicted octanol–water partition coefficient (Wildman–Crippen LogP) is 2.43. The number of rotatable bonds is 6. The van der Waals surface area contributed by atoms with Gasteiger partial charge in [-0.25, -0.2) is 4.79 Å². The van der Waals surface area contributed by atoms with Gasteiger partial charge < -0.3 is 15.4 Å². The largest absolute Gasteiger partial charge is 0.463 e. The van der Waals surface area contributed by atoms with Crippen LogP contribution >= 0.6 is 0 Å². The van der Waals surface area contributed by atoms with E-state index >= 15 is 0 Å². The highest BCUT2D eigenvalue weighted by Gasteiger charge is 2.28. The highest BCUT2D eigenvalue weighted by Crippen LogP contribution is 2.22. The van der Waals surface area contributed by atoms with E-state index in [0.29, 0.717) is 6.54 Å². The van der Waals surface area contributed by atoms with Gasteiger partial charge in [0.2, 0.25) is 0 Å². The van der Waals surface area contributed by atoms with Crippen molar-refractivity contribution in [3.8, 4) is 0 Å². The molecule has 1 saturated heterocycles. The van der Waals surface area contributed by atoms with Crippen molar-refractivity contribution in [3.63, 3.8) is 0 Å². The molecule has 1 fully saturated rings. The first-order valence-corrected chi connectivity index (χ1v) is 7.51. The first-order chi connectivity index (χ1) is 10.6. The smallest absolute Gasteiger partial charge is 0.315 e. The fourth-order valence-corrected chi connectivity index (χ4v) is 2.76. The predicted molar refractivity (Wildman–Crippen MR) is 84.3 cm³/mol. The Morgan fingerprint density at radius 3 is 2.77 bits per heavy atom. The Labute approximate surface area is 130 Å². The van der Waals surface area contributed by atoms with E-state index < -0.39 is 6.03 Å². The lowest BCUT2D eigenvalue weighted by molar-refractivity contribution is -0.145. The Morgan fingerprint density at radius 1 is 1.41 bits per heavy atom. The van der Waals surface area contributed by atoms with E-state index in [9.17, 15) is 9.59 Å². The molecule has 1 aromatic carbocycles. The Kier molecular flexibility index (Phi) is 5.58. The summed E-state index contributed by atoms with van der Waals surface area (Å²) in [7, 11) is 0. The van der Waals surface area contributed by atoms with Crippen molar-refractivity contribution in [2.75, 3.05) is 13.2 Å². The number of esters is 1. The molecule has 2 rings (SSSR count). The molecule has 1 aliphatic heterocycles. The van der Waals surface area contributed by atoms with E-state index in [4.69, 9.17) is 10.5 Å². The Bertz CT molecular complexity index is 530. The summed E-state index contributed by atoms with van der Waals surface area (Å²) < 4.78 is 5.32. The molecular formula is C17H22N2O3. The Morgan fingerprint density at radius 2 is 2.14 bits per heavy atom. The number of carbonyl (C=O) groups is 2. The molecule has 5 heteroatoms. The summed E-state index contributed by atoms with van der Waals surface area (Å²) in [5.74, 6) is -0.352. The number of ether oxygens (including phenoxy) is 1. The maximum absolute atomic E-state index is 12.0. The maximum atomic E-state index is 12.0. The SMILES string of the molecule is C=CC(CC(=O)OCC1CCCN1C(N)=O)c1ccccc1. The van der Waals surface area contributed by atoms with Gasteiger partial charge >= 0.3 is 12.0 Å². The normalized spacial score (nSPS) is 18.7. The van der Waals surface area contributed by atoms with Gasteiger partial charge in [-0.15, -0.1) is 6.58 Å². The van der Waals surface area contributed by atoms with Crippen LogP contribution in [0, 0.1) is 0 Å². The van der Waals surface area contributed by atoms with Crippen molar-refractivity contribution in [1.82, 2.24) is 4.90 Å². The molecule has 118 valence electrons. The number of nitrogens with two attached hydrogens (primary N) is 1. The van der Waals surface area contributed by atoms with E-state index in [0.717, 1.165) is 18.4 Å². The average molecular weight is 302 g/mol. The number of primary amides is 1. The van der Waals surface area contributed by atoms with Crippen LogP contribution < -0.4 is 5.73 Å². The lowest BCUT2D eigenvalue weighted by atomic mass is 9.96. The van der Waals surface area contributed by atoms with Gasteiger partial charge in [0.05, 0.1) is 12.5 Å². The zero-order valence-electron chi connectivity index (χ0n) is 12.6. The van der Waals surface area contributed by atoms with Crippen LogP contribution in [0.1, 0.15) is 30.7 Å². The van der Waals surface area contributed by atoms with Crippen LogP contribution in [0.15, 0.2) is 43.0 Å². The van der Waals surface area contributed by atoms with Gasteiger partial charge in [0, 0.05) is 12.5 Å². The number of urea groups is 1. The van der Waals surface area contributed by atoms with Crippen LogP contribution in [0.4, 0.5) is 4.79 Å². The first-order valence-electron chi connectivity index (χ1n) is 7.51. The minimum Gasteiger partial charge on any atom is -0.463 e. The molecule has 0 saturated carbocycles. The molecule has 0 radical (unpaired) electrons. The Balaban J connectivity index is 1.85. The van der Waals surface area contributed by atoms with Crippen LogP contribution in [0.2, 0.25) is 0 Å². The molecule has 0 aliphatic carbocycles. The second-order valence-electron chi connectivity index (χ2n) is 5.47. The third-order valence-corrected chi connectivity index (χ3v) is 4.00. The molecule has 2 atom stereocenters. The summed E-state index contributed by atoms with van der Waals surface area (Å²) in [5, 5.41) is 0. The summed E-state index contributed by atoms with van der Waals surface area (Å²) in [6.45, 7) is 4.63. The van der Waals surface area contributed by atoms with Crippen molar-refractivity contribution in [2.24, 2.45) is 5.73 Å². The third-order valence-electron chi connectivity index (χ3n) is 4.00. The highest BCUT2D eigenvalue weighted by atomic mass is 16.5. The van der Waals surface area contributed by atoms with Gasteiger partial charge in [0.15, 0.2) is 0 Å². The van der Waals surface area contributed by atoms with Crippen molar-refractivity contribution in [2.45, 2.75) is 31.2 Å². The molecule has 1 aliphatic rings. The summed E-state index contributed by atoms with van der Waals surface area (Å²) in [6.07, 6.45) is 3.71. The molecule has 1 aromatic rings. The number of carbonyl (C=O) groups excluding carboxylic acids is 2. The fraction of sp³-hybridized carbons (Fsp3) is 0.412. The molecule has 1 heterocycles. The zero-order chi connectivity index (χ0) is 15.9. The molecule has 0 aromatic heterocycles. The van der Waals surface area contributed by atoms with Crippen molar-refractivity contribution in [3.05, 3.63) is 48.6 Å². The summed E-state index contributed by atoms with van der Waals surface area (Å²) in [6, 6.07) is 9.17.